The van der Waals surface area contributed by atoms with Crippen molar-refractivity contribution in [2.45, 2.75) is 20.3 Å². The number of hydrogen-bond acceptors (Lipinski definition) is 4. The topological polar surface area (TPSA) is 88.5 Å². The summed E-state index contributed by atoms with van der Waals surface area (Å²) in [5.74, 6) is -1.90. The van der Waals surface area contributed by atoms with Crippen LogP contribution in [-0.4, -0.2) is 23.0 Å². The van der Waals surface area contributed by atoms with Crippen molar-refractivity contribution in [3.05, 3.63) is 0 Å². The van der Waals surface area contributed by atoms with E-state index in [9.17, 15) is 9.59 Å². The van der Waals surface area contributed by atoms with Gasteiger partial charge in [0, 0.05) is 6.42 Å². The van der Waals surface area contributed by atoms with E-state index in [1.165, 1.54) is 0 Å². The van der Waals surface area contributed by atoms with Crippen LogP contribution in [0.5, 0.6) is 0 Å². The molecular formula is C7H10O5. The summed E-state index contributed by atoms with van der Waals surface area (Å²) in [5.41, 5.74) is 0. The monoisotopic (exact) mass is 174 g/mol. The van der Waals surface area contributed by atoms with Crippen molar-refractivity contribution in [2.24, 2.45) is 5.92 Å². The Morgan fingerprint density at radius 2 is 1.67 bits per heavy atom. The minimum atomic E-state index is -1.33. The summed E-state index contributed by atoms with van der Waals surface area (Å²) < 4.78 is 0. The predicted molar refractivity (Wildman–Crippen MR) is 37.1 cm³/mol. The average molecular weight is 174 g/mol. The van der Waals surface area contributed by atoms with Crippen molar-refractivity contribution < 1.29 is 24.3 Å². The molecule has 0 aromatic carbocycles. The molecule has 0 heterocycles. The van der Waals surface area contributed by atoms with Crippen LogP contribution >= 0.6 is 0 Å². The Morgan fingerprint density at radius 3 is 1.75 bits per heavy atom. The second kappa shape index (κ2) is 7.63. The van der Waals surface area contributed by atoms with E-state index in [0.29, 0.717) is 0 Å². The second-order valence-corrected chi connectivity index (χ2v) is 2.41. The molecule has 0 amide bonds. The van der Waals surface area contributed by atoms with E-state index < -0.39 is 11.8 Å². The quantitative estimate of drug-likeness (QED) is 0.613. The van der Waals surface area contributed by atoms with Crippen LogP contribution in [0.2, 0.25) is 0 Å². The minimum Gasteiger partial charge on any atom is -0.476 e. The Balaban J connectivity index is 0. The largest absolute Gasteiger partial charge is 0.476 e. The van der Waals surface area contributed by atoms with Crippen LogP contribution in [0.4, 0.5) is 0 Å². The molecule has 68 valence electrons. The van der Waals surface area contributed by atoms with E-state index in [-0.39, 0.29) is 18.5 Å². The highest BCUT2D eigenvalue weighted by Crippen LogP contribution is 1.99. The number of aliphatic carboxylic acids is 1. The molecule has 12 heavy (non-hydrogen) atoms. The fourth-order valence-corrected chi connectivity index (χ4v) is 0.458. The number of carbonyl (C=O) groups is 2. The van der Waals surface area contributed by atoms with E-state index in [1.54, 1.807) is 13.8 Å². The summed E-state index contributed by atoms with van der Waals surface area (Å²) in [6.07, 6.45) is 0.384. The lowest BCUT2D eigenvalue weighted by molar-refractivity contribution is -0.191. The standard InChI is InChI=1S/C6H10O3.CO2/c1-4(2)3-5(7)6(8)9;2-1-3/h4H,3H2,1-2H3,(H,8,9);. The van der Waals surface area contributed by atoms with Crippen LogP contribution in [0.25, 0.3) is 0 Å². The molecule has 0 fully saturated rings. The molecule has 0 unspecified atom stereocenters. The normalized spacial score (nSPS) is 7.92. The fourth-order valence-electron chi connectivity index (χ4n) is 0.458. The van der Waals surface area contributed by atoms with Gasteiger partial charge in [0.25, 0.3) is 0 Å². The number of rotatable bonds is 3. The SMILES string of the molecule is CC(C)CC(=O)C(=O)O.O=C=O. The third-order valence-corrected chi connectivity index (χ3v) is 0.832. The summed E-state index contributed by atoms with van der Waals surface area (Å²) in [6.45, 7) is 3.61. The van der Waals surface area contributed by atoms with Gasteiger partial charge in [-0.3, -0.25) is 4.79 Å². The Hall–Kier alpha value is -1.48. The van der Waals surface area contributed by atoms with E-state index in [1.807, 2.05) is 0 Å². The van der Waals surface area contributed by atoms with Gasteiger partial charge < -0.3 is 5.11 Å². The van der Waals surface area contributed by atoms with Crippen LogP contribution in [0, 0.1) is 5.92 Å². The minimum absolute atomic E-state index is 0.133. The number of hydrogen-bond donors (Lipinski definition) is 1. The molecule has 1 N–H and O–H groups in total. The Morgan fingerprint density at radius 1 is 1.33 bits per heavy atom. The lowest BCUT2D eigenvalue weighted by atomic mass is 10.1. The molecule has 0 aromatic heterocycles. The van der Waals surface area contributed by atoms with Gasteiger partial charge in [-0.25, -0.2) is 4.79 Å². The first-order valence-corrected chi connectivity index (χ1v) is 3.21. The molecular weight excluding hydrogens is 164 g/mol. The average Bonchev–Trinajstić information content (AvgIpc) is 1.87. The molecule has 0 radical (unpaired) electrons. The molecule has 5 heteroatoms. The first kappa shape index (κ1) is 13.1. The smallest absolute Gasteiger partial charge is 0.373 e. The summed E-state index contributed by atoms with van der Waals surface area (Å²) in [4.78, 5) is 36.5. The third kappa shape index (κ3) is 11.3. The van der Waals surface area contributed by atoms with Gasteiger partial charge in [0.05, 0.1) is 0 Å². The van der Waals surface area contributed by atoms with Gasteiger partial charge in [-0.05, 0) is 5.92 Å². The van der Waals surface area contributed by atoms with Crippen LogP contribution < -0.4 is 0 Å². The molecule has 0 aliphatic rings. The molecule has 0 atom stereocenters. The third-order valence-electron chi connectivity index (χ3n) is 0.832. The zero-order valence-corrected chi connectivity index (χ0v) is 6.86. The van der Waals surface area contributed by atoms with E-state index >= 15 is 0 Å². The molecule has 0 bridgehead atoms. The molecule has 5 nitrogen and oxygen atoms in total. The Labute approximate surface area is 69.4 Å². The number of carbonyl (C=O) groups excluding carboxylic acids is 3. The molecule has 0 saturated carbocycles. The van der Waals surface area contributed by atoms with E-state index in [0.717, 1.165) is 0 Å². The van der Waals surface area contributed by atoms with E-state index in [2.05, 4.69) is 0 Å². The zero-order valence-electron chi connectivity index (χ0n) is 6.86. The summed E-state index contributed by atoms with van der Waals surface area (Å²) >= 11 is 0. The van der Waals surface area contributed by atoms with Crippen LogP contribution in [0.15, 0.2) is 0 Å². The maximum atomic E-state index is 10.4. The highest BCUT2D eigenvalue weighted by Gasteiger charge is 2.11. The first-order valence-electron chi connectivity index (χ1n) is 3.21. The lowest BCUT2D eigenvalue weighted by Gasteiger charge is -1.97. The van der Waals surface area contributed by atoms with Crippen LogP contribution in [0.1, 0.15) is 20.3 Å². The molecule has 0 spiro atoms. The van der Waals surface area contributed by atoms with E-state index in [4.69, 9.17) is 14.7 Å². The maximum Gasteiger partial charge on any atom is 0.373 e. The van der Waals surface area contributed by atoms with Gasteiger partial charge in [-0.15, -0.1) is 0 Å². The summed E-state index contributed by atoms with van der Waals surface area (Å²) in [5, 5.41) is 8.08. The number of carboxylic acids is 1. The number of ketones is 1. The van der Waals surface area contributed by atoms with Gasteiger partial charge in [-0.1, -0.05) is 13.8 Å². The number of carboxylic acid groups (broad SMARTS) is 1. The predicted octanol–water partition coefficient (Wildman–Crippen LogP) is 0.103. The number of Topliss-reactive ketones (excluding diaryl/α,β-unsaturated/α-hetero) is 1. The molecule has 0 saturated heterocycles. The Bertz CT molecular complexity index is 188. The maximum absolute atomic E-state index is 10.4. The van der Waals surface area contributed by atoms with Crippen molar-refractivity contribution in [1.29, 1.82) is 0 Å². The van der Waals surface area contributed by atoms with Gasteiger partial charge in [-0.2, -0.15) is 9.59 Å². The highest BCUT2D eigenvalue weighted by atomic mass is 16.4. The van der Waals surface area contributed by atoms with Crippen molar-refractivity contribution in [3.63, 3.8) is 0 Å². The first-order chi connectivity index (χ1) is 5.45. The lowest BCUT2D eigenvalue weighted by Crippen LogP contribution is -2.14. The van der Waals surface area contributed by atoms with Crippen molar-refractivity contribution >= 4 is 17.9 Å². The summed E-state index contributed by atoms with van der Waals surface area (Å²) in [7, 11) is 0. The van der Waals surface area contributed by atoms with Gasteiger partial charge in [0.2, 0.25) is 5.78 Å². The Kier molecular flexibility index (Phi) is 8.35. The zero-order chi connectivity index (χ0) is 10.1. The van der Waals surface area contributed by atoms with Gasteiger partial charge in [0.15, 0.2) is 0 Å². The van der Waals surface area contributed by atoms with Crippen LogP contribution in [-0.2, 0) is 19.2 Å². The van der Waals surface area contributed by atoms with Crippen molar-refractivity contribution in [3.8, 4) is 0 Å². The van der Waals surface area contributed by atoms with Crippen molar-refractivity contribution in [2.75, 3.05) is 0 Å². The molecule has 0 aliphatic carbocycles. The van der Waals surface area contributed by atoms with Crippen molar-refractivity contribution in [1.82, 2.24) is 0 Å². The second-order valence-electron chi connectivity index (χ2n) is 2.41. The highest BCUT2D eigenvalue weighted by molar-refractivity contribution is 6.32. The molecule has 0 rings (SSSR count). The fraction of sp³-hybridized carbons (Fsp3) is 0.571. The van der Waals surface area contributed by atoms with Crippen LogP contribution in [0.3, 0.4) is 0 Å². The van der Waals surface area contributed by atoms with Gasteiger partial charge >= 0.3 is 12.1 Å². The molecule has 0 aliphatic heterocycles. The summed E-state index contributed by atoms with van der Waals surface area (Å²) in [6, 6.07) is 0. The van der Waals surface area contributed by atoms with Gasteiger partial charge in [0.1, 0.15) is 0 Å². The molecule has 0 aromatic rings.